The van der Waals surface area contributed by atoms with E-state index < -0.39 is 23.0 Å². The van der Waals surface area contributed by atoms with Gasteiger partial charge in [-0.3, -0.25) is 10.1 Å². The average Bonchev–Trinajstić information content (AvgIpc) is 2.38. The fourth-order valence-corrected chi connectivity index (χ4v) is 2.11. The van der Waals surface area contributed by atoms with Crippen LogP contribution in [0.15, 0.2) is 18.2 Å². The molecule has 0 aromatic heterocycles. The zero-order valence-electron chi connectivity index (χ0n) is 11.0. The maximum absolute atomic E-state index is 12.3. The molecule has 1 fully saturated rings. The van der Waals surface area contributed by atoms with Gasteiger partial charge in [0.25, 0.3) is 0 Å². The molecule has 1 aromatic rings. The molecule has 0 N–H and O–H groups in total. The number of benzene rings is 1. The molecule has 0 aliphatic carbocycles. The Labute approximate surface area is 114 Å². The lowest BCUT2D eigenvalue weighted by Gasteiger charge is -2.34. The molecule has 0 radical (unpaired) electrons. The van der Waals surface area contributed by atoms with E-state index in [0.717, 1.165) is 26.2 Å². The largest absolute Gasteiger partial charge is 0.427 e. The molecule has 1 aliphatic rings. The van der Waals surface area contributed by atoms with E-state index in [1.807, 2.05) is 11.9 Å². The van der Waals surface area contributed by atoms with E-state index in [1.165, 1.54) is 12.1 Å². The maximum Gasteiger partial charge on any atom is 0.387 e. The number of nitro groups is 1. The number of hydrogen-bond acceptors (Lipinski definition) is 5. The molecule has 0 saturated carbocycles. The van der Waals surface area contributed by atoms with Crippen LogP contribution in [0.3, 0.4) is 0 Å². The molecule has 8 heteroatoms. The molecular weight excluding hydrogens is 272 g/mol. The SMILES string of the molecule is CN1CCN(c2ccc([N+](=O)[O-])c(OC(F)F)c2)CC1. The Balaban J connectivity index is 2.24. The highest BCUT2D eigenvalue weighted by Crippen LogP contribution is 2.33. The van der Waals surface area contributed by atoms with Crippen LogP contribution >= 0.6 is 0 Å². The number of alkyl halides is 2. The lowest BCUT2D eigenvalue weighted by atomic mass is 10.2. The van der Waals surface area contributed by atoms with Crippen molar-refractivity contribution in [3.8, 4) is 5.75 Å². The fourth-order valence-electron chi connectivity index (χ4n) is 2.11. The van der Waals surface area contributed by atoms with Crippen molar-refractivity contribution in [1.29, 1.82) is 0 Å². The summed E-state index contributed by atoms with van der Waals surface area (Å²) in [7, 11) is 2.00. The van der Waals surface area contributed by atoms with E-state index in [9.17, 15) is 18.9 Å². The zero-order valence-corrected chi connectivity index (χ0v) is 11.0. The Morgan fingerprint density at radius 2 is 1.95 bits per heavy atom. The Morgan fingerprint density at radius 3 is 2.50 bits per heavy atom. The number of ether oxygens (including phenoxy) is 1. The average molecular weight is 287 g/mol. The van der Waals surface area contributed by atoms with Crippen LogP contribution in [0.25, 0.3) is 0 Å². The van der Waals surface area contributed by atoms with Crippen molar-refractivity contribution < 1.29 is 18.4 Å². The monoisotopic (exact) mass is 287 g/mol. The van der Waals surface area contributed by atoms with Crippen LogP contribution in [-0.2, 0) is 0 Å². The van der Waals surface area contributed by atoms with Gasteiger partial charge in [0.1, 0.15) is 0 Å². The number of nitrogens with zero attached hydrogens (tertiary/aromatic N) is 3. The Kier molecular flexibility index (Phi) is 4.33. The van der Waals surface area contributed by atoms with Gasteiger partial charge in [0.2, 0.25) is 5.75 Å². The number of likely N-dealkylation sites (N-methyl/N-ethyl adjacent to an activating group) is 1. The molecule has 1 saturated heterocycles. The van der Waals surface area contributed by atoms with Crippen molar-refractivity contribution in [2.75, 3.05) is 38.1 Å². The van der Waals surface area contributed by atoms with Crippen molar-refractivity contribution >= 4 is 11.4 Å². The topological polar surface area (TPSA) is 58.9 Å². The second-order valence-corrected chi connectivity index (χ2v) is 4.58. The van der Waals surface area contributed by atoms with E-state index in [4.69, 9.17) is 0 Å². The third-order valence-electron chi connectivity index (χ3n) is 3.22. The van der Waals surface area contributed by atoms with E-state index in [0.29, 0.717) is 5.69 Å². The van der Waals surface area contributed by atoms with Gasteiger partial charge in [-0.2, -0.15) is 8.78 Å². The van der Waals surface area contributed by atoms with Crippen molar-refractivity contribution in [2.24, 2.45) is 0 Å². The van der Waals surface area contributed by atoms with Gasteiger partial charge in [0, 0.05) is 44.0 Å². The molecule has 0 amide bonds. The van der Waals surface area contributed by atoms with Gasteiger partial charge in [0.05, 0.1) is 4.92 Å². The van der Waals surface area contributed by atoms with Crippen molar-refractivity contribution in [3.05, 3.63) is 28.3 Å². The first-order chi connectivity index (χ1) is 9.47. The first-order valence-electron chi connectivity index (χ1n) is 6.14. The summed E-state index contributed by atoms with van der Waals surface area (Å²) in [5.41, 5.74) is 0.197. The molecule has 6 nitrogen and oxygen atoms in total. The van der Waals surface area contributed by atoms with Crippen LogP contribution in [-0.4, -0.2) is 49.7 Å². The van der Waals surface area contributed by atoms with E-state index in [-0.39, 0.29) is 0 Å². The summed E-state index contributed by atoms with van der Waals surface area (Å²) < 4.78 is 28.9. The third kappa shape index (κ3) is 3.32. The minimum atomic E-state index is -3.09. The molecule has 1 aromatic carbocycles. The minimum absolute atomic E-state index is 0.401. The van der Waals surface area contributed by atoms with Gasteiger partial charge >= 0.3 is 12.3 Å². The summed E-state index contributed by atoms with van der Waals surface area (Å²) in [4.78, 5) is 14.2. The van der Waals surface area contributed by atoms with Crippen LogP contribution in [0.2, 0.25) is 0 Å². The second kappa shape index (κ2) is 6.00. The molecular formula is C12H15F2N3O3. The molecule has 0 bridgehead atoms. The summed E-state index contributed by atoms with van der Waals surface area (Å²) in [5.74, 6) is -0.401. The van der Waals surface area contributed by atoms with Crippen LogP contribution in [0.1, 0.15) is 0 Å². The quantitative estimate of drug-likeness (QED) is 0.625. The highest BCUT2D eigenvalue weighted by Gasteiger charge is 2.22. The number of anilines is 1. The number of halogens is 2. The summed E-state index contributed by atoms with van der Waals surface area (Å²) >= 11 is 0. The van der Waals surface area contributed by atoms with Crippen LogP contribution in [0, 0.1) is 10.1 Å². The molecule has 1 heterocycles. The van der Waals surface area contributed by atoms with Gasteiger partial charge in [-0.25, -0.2) is 0 Å². The predicted molar refractivity (Wildman–Crippen MR) is 69.4 cm³/mol. The summed E-state index contributed by atoms with van der Waals surface area (Å²) in [6.45, 7) is 0.0889. The Morgan fingerprint density at radius 1 is 1.30 bits per heavy atom. The van der Waals surface area contributed by atoms with Gasteiger partial charge in [-0.05, 0) is 13.1 Å². The number of rotatable bonds is 4. The summed E-state index contributed by atoms with van der Waals surface area (Å²) in [6.07, 6.45) is 0. The molecule has 0 unspecified atom stereocenters. The van der Waals surface area contributed by atoms with E-state index >= 15 is 0 Å². The first-order valence-corrected chi connectivity index (χ1v) is 6.14. The highest BCUT2D eigenvalue weighted by molar-refractivity contribution is 5.59. The molecule has 20 heavy (non-hydrogen) atoms. The zero-order chi connectivity index (χ0) is 14.7. The van der Waals surface area contributed by atoms with Crippen LogP contribution in [0.4, 0.5) is 20.2 Å². The molecule has 2 rings (SSSR count). The van der Waals surface area contributed by atoms with Gasteiger partial charge in [-0.15, -0.1) is 0 Å². The number of nitro benzene ring substituents is 1. The standard InChI is InChI=1S/C12H15F2N3O3/c1-15-4-6-16(7-5-15)9-2-3-10(17(18)19)11(8-9)20-12(13)14/h2-3,8,12H,4-7H2,1H3. The Bertz CT molecular complexity index is 491. The van der Waals surface area contributed by atoms with Gasteiger partial charge in [-0.1, -0.05) is 0 Å². The van der Waals surface area contributed by atoms with Crippen molar-refractivity contribution in [3.63, 3.8) is 0 Å². The Hall–Kier alpha value is -1.96. The third-order valence-corrected chi connectivity index (χ3v) is 3.22. The summed E-state index contributed by atoms with van der Waals surface area (Å²) in [5, 5.41) is 10.8. The van der Waals surface area contributed by atoms with E-state index in [2.05, 4.69) is 9.64 Å². The van der Waals surface area contributed by atoms with Gasteiger partial charge < -0.3 is 14.5 Å². The number of piperazine rings is 1. The minimum Gasteiger partial charge on any atom is -0.427 e. The molecule has 110 valence electrons. The smallest absolute Gasteiger partial charge is 0.387 e. The lowest BCUT2D eigenvalue weighted by molar-refractivity contribution is -0.386. The van der Waals surface area contributed by atoms with Gasteiger partial charge in [0.15, 0.2) is 0 Å². The maximum atomic E-state index is 12.3. The van der Waals surface area contributed by atoms with Crippen LogP contribution < -0.4 is 9.64 Å². The summed E-state index contributed by atoms with van der Waals surface area (Å²) in [6, 6.07) is 4.06. The normalized spacial score (nSPS) is 16.5. The predicted octanol–water partition coefficient (Wildman–Crippen LogP) is 1.95. The van der Waals surface area contributed by atoms with E-state index in [1.54, 1.807) is 6.07 Å². The van der Waals surface area contributed by atoms with Crippen molar-refractivity contribution in [2.45, 2.75) is 6.61 Å². The molecule has 0 spiro atoms. The number of hydrogen-bond donors (Lipinski definition) is 0. The second-order valence-electron chi connectivity index (χ2n) is 4.58. The molecule has 1 aliphatic heterocycles. The highest BCUT2D eigenvalue weighted by atomic mass is 19.3. The molecule has 0 atom stereocenters. The van der Waals surface area contributed by atoms with Crippen LogP contribution in [0.5, 0.6) is 5.75 Å². The fraction of sp³-hybridized carbons (Fsp3) is 0.500. The van der Waals surface area contributed by atoms with Crippen molar-refractivity contribution in [1.82, 2.24) is 4.90 Å². The lowest BCUT2D eigenvalue weighted by Crippen LogP contribution is -2.44. The first kappa shape index (κ1) is 14.4.